The molecule has 1 fully saturated rings. The van der Waals surface area contributed by atoms with E-state index in [0.29, 0.717) is 58.6 Å². The Kier molecular flexibility index (Phi) is 12.3. The fourth-order valence-corrected chi connectivity index (χ4v) is 6.14. The van der Waals surface area contributed by atoms with Crippen LogP contribution in [0.1, 0.15) is 13.8 Å². The van der Waals surface area contributed by atoms with Crippen LogP contribution in [0.5, 0.6) is 0 Å². The summed E-state index contributed by atoms with van der Waals surface area (Å²) in [6.07, 6.45) is 3.91. The number of aromatic nitrogens is 2. The summed E-state index contributed by atoms with van der Waals surface area (Å²) in [5.74, 6) is 0.559. The first-order valence-electron chi connectivity index (χ1n) is 17.3. The van der Waals surface area contributed by atoms with Crippen molar-refractivity contribution in [2.24, 2.45) is 0 Å². The summed E-state index contributed by atoms with van der Waals surface area (Å²) in [5, 5.41) is 9.03. The van der Waals surface area contributed by atoms with Gasteiger partial charge in [0.15, 0.2) is 5.43 Å². The second-order valence-corrected chi connectivity index (χ2v) is 11.9. The van der Waals surface area contributed by atoms with Crippen LogP contribution in [-0.4, -0.2) is 102 Å². The van der Waals surface area contributed by atoms with Crippen LogP contribution in [0.2, 0.25) is 0 Å². The van der Waals surface area contributed by atoms with E-state index in [1.807, 2.05) is 23.1 Å². The molecule has 0 bridgehead atoms. The molecular weight excluding hydrogens is 622 g/mol. The molecular formula is C38H47N5O6. The molecule has 1 saturated heterocycles. The van der Waals surface area contributed by atoms with Crippen molar-refractivity contribution < 1.29 is 23.4 Å². The molecule has 1 N–H and O–H groups in total. The van der Waals surface area contributed by atoms with Gasteiger partial charge < -0.3 is 38.5 Å². The second kappa shape index (κ2) is 17.4. The van der Waals surface area contributed by atoms with Gasteiger partial charge in [0.05, 0.1) is 64.7 Å². The van der Waals surface area contributed by atoms with Gasteiger partial charge in [-0.3, -0.25) is 4.79 Å². The lowest BCUT2D eigenvalue weighted by Gasteiger charge is -2.25. The predicted molar refractivity (Wildman–Crippen MR) is 194 cm³/mol. The fourth-order valence-electron chi connectivity index (χ4n) is 6.14. The van der Waals surface area contributed by atoms with Gasteiger partial charge in [0, 0.05) is 91.0 Å². The molecule has 3 aromatic rings. The standard InChI is InChI=1S/C38H47N5O6/c1-3-41(4-2)32-9-11-34-36(25-32)49-37-26-33(44)10-12-35(37)38(34)29-27-40-43(28-29)31-7-5-30(6-8-31)42-15-19-47-23-21-45-17-13-39-14-18-46-22-24-48-20-16-42/h5-12,25-28,39H,3-4,13-24H2,1-2H3. The Morgan fingerprint density at radius 2 is 1.41 bits per heavy atom. The number of nitrogens with one attached hydrogen (secondary N) is 1. The van der Waals surface area contributed by atoms with Crippen molar-refractivity contribution in [1.29, 1.82) is 0 Å². The zero-order chi connectivity index (χ0) is 33.8. The quantitative estimate of drug-likeness (QED) is 0.247. The van der Waals surface area contributed by atoms with Crippen LogP contribution < -0.4 is 20.5 Å². The number of ether oxygens (including phenoxy) is 4. The lowest BCUT2D eigenvalue weighted by atomic mass is 9.95. The Hall–Kier alpha value is -4.26. The van der Waals surface area contributed by atoms with Gasteiger partial charge in [-0.25, -0.2) is 4.68 Å². The minimum atomic E-state index is -0.0870. The van der Waals surface area contributed by atoms with E-state index in [1.165, 1.54) is 0 Å². The molecule has 11 nitrogen and oxygen atoms in total. The van der Waals surface area contributed by atoms with Crippen LogP contribution in [0, 0.1) is 0 Å². The largest absolute Gasteiger partial charge is 0.456 e. The SMILES string of the molecule is CCN(CC)c1ccc2c(-c3cnn(-c4ccc(N5CCOCCOCCNCCOCCOCC5)cc4)c3)c3ccc(=O)cc-3oc2c1. The number of nitrogens with zero attached hydrogens (tertiary/aromatic N) is 4. The van der Waals surface area contributed by atoms with E-state index >= 15 is 0 Å². The number of fused-ring (bicyclic) bond motifs is 2. The van der Waals surface area contributed by atoms with Gasteiger partial charge in [0.25, 0.3) is 0 Å². The maximum Gasteiger partial charge on any atom is 0.182 e. The van der Waals surface area contributed by atoms with Crippen LogP contribution in [0.3, 0.4) is 0 Å². The molecule has 6 rings (SSSR count). The molecule has 0 saturated carbocycles. The maximum absolute atomic E-state index is 12.3. The Balaban J connectivity index is 1.22. The van der Waals surface area contributed by atoms with Crippen molar-refractivity contribution >= 4 is 22.3 Å². The molecule has 0 spiro atoms. The Labute approximate surface area is 287 Å². The first-order chi connectivity index (χ1) is 24.1. The highest BCUT2D eigenvalue weighted by molar-refractivity contribution is 6.02. The highest BCUT2D eigenvalue weighted by atomic mass is 16.5. The van der Waals surface area contributed by atoms with Gasteiger partial charge in [0.2, 0.25) is 0 Å². The van der Waals surface area contributed by atoms with E-state index in [1.54, 1.807) is 12.1 Å². The number of anilines is 2. The third-order valence-electron chi connectivity index (χ3n) is 8.76. The summed E-state index contributed by atoms with van der Waals surface area (Å²) in [7, 11) is 0. The van der Waals surface area contributed by atoms with Crippen LogP contribution in [-0.2, 0) is 18.9 Å². The molecule has 2 aromatic carbocycles. The topological polar surface area (TPSA) is 103 Å². The Bertz CT molecular complexity index is 1770. The first-order valence-corrected chi connectivity index (χ1v) is 17.3. The number of hydrogen-bond donors (Lipinski definition) is 1. The number of benzene rings is 3. The van der Waals surface area contributed by atoms with Crippen molar-refractivity contribution in [3.05, 3.63) is 83.3 Å². The number of hydrogen-bond acceptors (Lipinski definition) is 10. The molecule has 0 radical (unpaired) electrons. The first kappa shape index (κ1) is 34.6. The van der Waals surface area contributed by atoms with Crippen molar-refractivity contribution in [2.45, 2.75) is 13.8 Å². The maximum atomic E-state index is 12.3. The van der Waals surface area contributed by atoms with Gasteiger partial charge in [0.1, 0.15) is 11.3 Å². The summed E-state index contributed by atoms with van der Waals surface area (Å²) in [6, 6.07) is 19.7. The van der Waals surface area contributed by atoms with Crippen LogP contribution in [0.15, 0.2) is 82.3 Å². The van der Waals surface area contributed by atoms with E-state index in [-0.39, 0.29) is 5.43 Å². The van der Waals surface area contributed by atoms with Gasteiger partial charge in [-0.1, -0.05) is 0 Å². The van der Waals surface area contributed by atoms with Gasteiger partial charge in [-0.2, -0.15) is 5.10 Å². The van der Waals surface area contributed by atoms with E-state index in [2.05, 4.69) is 71.4 Å². The second-order valence-electron chi connectivity index (χ2n) is 11.9. The third kappa shape index (κ3) is 8.86. The van der Waals surface area contributed by atoms with Gasteiger partial charge >= 0.3 is 0 Å². The smallest absolute Gasteiger partial charge is 0.182 e. The highest BCUT2D eigenvalue weighted by Gasteiger charge is 2.20. The molecule has 0 amide bonds. The lowest BCUT2D eigenvalue weighted by molar-refractivity contribution is 0.0409. The summed E-state index contributed by atoms with van der Waals surface area (Å²) >= 11 is 0. The molecule has 1 aliphatic carbocycles. The fraction of sp³-hybridized carbons (Fsp3) is 0.421. The molecule has 2 aliphatic heterocycles. The molecule has 0 atom stereocenters. The van der Waals surface area contributed by atoms with E-state index in [4.69, 9.17) is 28.5 Å². The van der Waals surface area contributed by atoms with E-state index < -0.39 is 0 Å². The normalized spacial score (nSPS) is 16.4. The minimum absolute atomic E-state index is 0.0870. The molecule has 1 aromatic heterocycles. The summed E-state index contributed by atoms with van der Waals surface area (Å²) in [5.41, 5.74) is 6.54. The van der Waals surface area contributed by atoms with Gasteiger partial charge in [-0.15, -0.1) is 0 Å². The molecule has 49 heavy (non-hydrogen) atoms. The van der Waals surface area contributed by atoms with Crippen molar-refractivity contribution in [3.8, 4) is 28.1 Å². The van der Waals surface area contributed by atoms with Crippen LogP contribution in [0.25, 0.3) is 39.1 Å². The Morgan fingerprint density at radius 1 is 0.755 bits per heavy atom. The van der Waals surface area contributed by atoms with E-state index in [0.717, 1.165) is 84.0 Å². The molecule has 3 aliphatic rings. The van der Waals surface area contributed by atoms with Crippen molar-refractivity contribution in [1.82, 2.24) is 15.1 Å². The van der Waals surface area contributed by atoms with Crippen molar-refractivity contribution in [2.75, 3.05) is 102 Å². The van der Waals surface area contributed by atoms with Gasteiger partial charge in [-0.05, 0) is 62.4 Å². The monoisotopic (exact) mass is 669 g/mol. The number of rotatable bonds is 6. The van der Waals surface area contributed by atoms with Crippen LogP contribution >= 0.6 is 0 Å². The van der Waals surface area contributed by atoms with Crippen molar-refractivity contribution in [3.63, 3.8) is 0 Å². The average molecular weight is 670 g/mol. The Morgan fingerprint density at radius 3 is 2.08 bits per heavy atom. The zero-order valence-corrected chi connectivity index (χ0v) is 28.6. The lowest BCUT2D eigenvalue weighted by Crippen LogP contribution is -2.32. The molecule has 260 valence electrons. The van der Waals surface area contributed by atoms with E-state index in [9.17, 15) is 4.79 Å². The third-order valence-corrected chi connectivity index (χ3v) is 8.76. The minimum Gasteiger partial charge on any atom is -0.456 e. The van der Waals surface area contributed by atoms with Crippen LogP contribution in [0.4, 0.5) is 11.4 Å². The predicted octanol–water partition coefficient (Wildman–Crippen LogP) is 5.07. The molecule has 0 unspecified atom stereocenters. The summed E-state index contributed by atoms with van der Waals surface area (Å²) < 4.78 is 31.3. The molecule has 3 heterocycles. The zero-order valence-electron chi connectivity index (χ0n) is 28.6. The average Bonchev–Trinajstić information content (AvgIpc) is 3.61. The highest BCUT2D eigenvalue weighted by Crippen LogP contribution is 2.41. The summed E-state index contributed by atoms with van der Waals surface area (Å²) in [4.78, 5) is 16.9. The molecule has 11 heteroatoms. The summed E-state index contributed by atoms with van der Waals surface area (Å²) in [6.45, 7) is 13.8.